The van der Waals surface area contributed by atoms with E-state index < -0.39 is 0 Å². The summed E-state index contributed by atoms with van der Waals surface area (Å²) in [5, 5.41) is 0. The van der Waals surface area contributed by atoms with E-state index in [1.54, 1.807) is 18.3 Å². The van der Waals surface area contributed by atoms with E-state index in [0.29, 0.717) is 19.0 Å². The van der Waals surface area contributed by atoms with Crippen LogP contribution in [0.5, 0.6) is 0 Å². The number of amides is 1. The third kappa shape index (κ3) is 3.60. The molecule has 2 saturated heterocycles. The highest BCUT2D eigenvalue weighted by Gasteiger charge is 2.42. The summed E-state index contributed by atoms with van der Waals surface area (Å²) in [5.74, 6) is 0.370. The van der Waals surface area contributed by atoms with E-state index in [4.69, 9.17) is 13.9 Å². The predicted molar refractivity (Wildman–Crippen MR) is 89.9 cm³/mol. The predicted octanol–water partition coefficient (Wildman–Crippen LogP) is 2.65. The number of fused-ring (bicyclic) bond motifs is 1. The zero-order valence-corrected chi connectivity index (χ0v) is 14.0. The van der Waals surface area contributed by atoms with Crippen molar-refractivity contribution in [3.8, 4) is 0 Å². The number of ether oxygens (including phenoxy) is 2. The van der Waals surface area contributed by atoms with Crippen molar-refractivity contribution < 1.29 is 18.7 Å². The number of rotatable bonds is 5. The Bertz CT molecular complexity index is 689. The van der Waals surface area contributed by atoms with E-state index in [9.17, 15) is 4.79 Å². The maximum absolute atomic E-state index is 12.5. The van der Waals surface area contributed by atoms with Gasteiger partial charge in [0.25, 0.3) is 5.91 Å². The molecule has 0 saturated carbocycles. The van der Waals surface area contributed by atoms with Gasteiger partial charge in [-0.3, -0.25) is 9.78 Å². The Morgan fingerprint density at radius 3 is 3.04 bits per heavy atom. The van der Waals surface area contributed by atoms with Gasteiger partial charge in [-0.1, -0.05) is 6.07 Å². The molecule has 3 atom stereocenters. The van der Waals surface area contributed by atoms with Gasteiger partial charge in [0.05, 0.1) is 37.7 Å². The summed E-state index contributed by atoms with van der Waals surface area (Å²) in [7, 11) is 0. The van der Waals surface area contributed by atoms with Crippen LogP contribution in [0.4, 0.5) is 0 Å². The number of hydrogen-bond donors (Lipinski definition) is 0. The molecule has 0 bridgehead atoms. The van der Waals surface area contributed by atoms with Gasteiger partial charge in [-0.25, -0.2) is 0 Å². The van der Waals surface area contributed by atoms with Crippen molar-refractivity contribution in [2.24, 2.45) is 0 Å². The molecule has 0 spiro atoms. The van der Waals surface area contributed by atoms with Crippen molar-refractivity contribution in [2.45, 2.75) is 44.1 Å². The monoisotopic (exact) mass is 342 g/mol. The number of likely N-dealkylation sites (tertiary alicyclic amines) is 1. The quantitative estimate of drug-likeness (QED) is 0.836. The lowest BCUT2D eigenvalue weighted by molar-refractivity contribution is -0.0988. The number of furan rings is 1. The second-order valence-corrected chi connectivity index (χ2v) is 6.58. The third-order valence-electron chi connectivity index (χ3n) is 4.92. The number of aromatic nitrogens is 1. The SMILES string of the molecule is O=C(c1ccco1)N1CC[C@@H]2O[C@H](COCc3cccnc3)CC[C@@H]21. The van der Waals surface area contributed by atoms with E-state index in [0.717, 1.165) is 31.4 Å². The van der Waals surface area contributed by atoms with E-state index >= 15 is 0 Å². The third-order valence-corrected chi connectivity index (χ3v) is 4.92. The molecule has 4 heterocycles. The van der Waals surface area contributed by atoms with Gasteiger partial charge >= 0.3 is 0 Å². The molecule has 132 valence electrons. The van der Waals surface area contributed by atoms with Crippen LogP contribution in [0.1, 0.15) is 35.4 Å². The molecule has 0 aromatic carbocycles. The summed E-state index contributed by atoms with van der Waals surface area (Å²) in [5.41, 5.74) is 1.06. The van der Waals surface area contributed by atoms with Crippen molar-refractivity contribution >= 4 is 5.91 Å². The zero-order valence-electron chi connectivity index (χ0n) is 14.0. The van der Waals surface area contributed by atoms with Gasteiger partial charge in [-0.15, -0.1) is 0 Å². The number of carbonyl (C=O) groups is 1. The van der Waals surface area contributed by atoms with Crippen LogP contribution < -0.4 is 0 Å². The van der Waals surface area contributed by atoms with Crippen LogP contribution in [0.15, 0.2) is 47.3 Å². The second-order valence-electron chi connectivity index (χ2n) is 6.58. The number of nitrogens with zero attached hydrogens (tertiary/aromatic N) is 2. The Morgan fingerprint density at radius 1 is 1.28 bits per heavy atom. The van der Waals surface area contributed by atoms with E-state index in [-0.39, 0.29) is 24.2 Å². The summed E-state index contributed by atoms with van der Waals surface area (Å²) >= 11 is 0. The molecular weight excluding hydrogens is 320 g/mol. The van der Waals surface area contributed by atoms with E-state index in [2.05, 4.69) is 4.98 Å². The Labute approximate surface area is 146 Å². The molecule has 6 heteroatoms. The number of carbonyl (C=O) groups excluding carboxylic acids is 1. The van der Waals surface area contributed by atoms with Crippen molar-refractivity contribution in [2.75, 3.05) is 13.2 Å². The smallest absolute Gasteiger partial charge is 0.289 e. The molecule has 0 N–H and O–H groups in total. The van der Waals surface area contributed by atoms with Crippen LogP contribution in [-0.2, 0) is 16.1 Å². The topological polar surface area (TPSA) is 64.8 Å². The van der Waals surface area contributed by atoms with Crippen LogP contribution in [-0.4, -0.2) is 47.2 Å². The highest BCUT2D eigenvalue weighted by Crippen LogP contribution is 2.32. The summed E-state index contributed by atoms with van der Waals surface area (Å²) < 4.78 is 17.2. The van der Waals surface area contributed by atoms with E-state index in [1.807, 2.05) is 23.2 Å². The van der Waals surface area contributed by atoms with Crippen LogP contribution in [0.2, 0.25) is 0 Å². The molecule has 25 heavy (non-hydrogen) atoms. The first kappa shape index (κ1) is 16.3. The average molecular weight is 342 g/mol. The van der Waals surface area contributed by atoms with Crippen molar-refractivity contribution in [3.05, 3.63) is 54.2 Å². The van der Waals surface area contributed by atoms with Crippen LogP contribution >= 0.6 is 0 Å². The van der Waals surface area contributed by atoms with Crippen molar-refractivity contribution in [1.82, 2.24) is 9.88 Å². The Morgan fingerprint density at radius 2 is 2.24 bits per heavy atom. The Balaban J connectivity index is 1.27. The molecule has 0 unspecified atom stereocenters. The van der Waals surface area contributed by atoms with Crippen LogP contribution in [0.25, 0.3) is 0 Å². The average Bonchev–Trinajstić information content (AvgIpc) is 3.32. The lowest BCUT2D eigenvalue weighted by Crippen LogP contribution is -2.45. The first-order valence-corrected chi connectivity index (χ1v) is 8.78. The summed E-state index contributed by atoms with van der Waals surface area (Å²) in [4.78, 5) is 18.5. The van der Waals surface area contributed by atoms with Gasteiger partial charge < -0.3 is 18.8 Å². The van der Waals surface area contributed by atoms with E-state index in [1.165, 1.54) is 6.26 Å². The zero-order chi connectivity index (χ0) is 17.1. The van der Waals surface area contributed by atoms with Gasteiger partial charge in [0.2, 0.25) is 0 Å². The highest BCUT2D eigenvalue weighted by molar-refractivity contribution is 5.91. The first-order valence-electron chi connectivity index (χ1n) is 8.78. The molecule has 1 amide bonds. The van der Waals surface area contributed by atoms with Crippen LogP contribution in [0, 0.1) is 0 Å². The van der Waals surface area contributed by atoms with Crippen molar-refractivity contribution in [1.29, 1.82) is 0 Å². The van der Waals surface area contributed by atoms with Crippen molar-refractivity contribution in [3.63, 3.8) is 0 Å². The lowest BCUT2D eigenvalue weighted by atomic mass is 9.99. The minimum Gasteiger partial charge on any atom is -0.459 e. The summed E-state index contributed by atoms with van der Waals surface area (Å²) in [6.45, 7) is 1.84. The molecule has 6 nitrogen and oxygen atoms in total. The fourth-order valence-electron chi connectivity index (χ4n) is 3.71. The Hall–Kier alpha value is -2.18. The summed E-state index contributed by atoms with van der Waals surface area (Å²) in [6, 6.07) is 7.51. The van der Waals surface area contributed by atoms with Gasteiger partial charge in [0.1, 0.15) is 0 Å². The molecule has 0 aliphatic carbocycles. The lowest BCUT2D eigenvalue weighted by Gasteiger charge is -2.35. The van der Waals surface area contributed by atoms with Gasteiger partial charge in [0, 0.05) is 18.9 Å². The number of hydrogen-bond acceptors (Lipinski definition) is 5. The largest absolute Gasteiger partial charge is 0.459 e. The molecule has 2 fully saturated rings. The van der Waals surface area contributed by atoms with Gasteiger partial charge in [-0.05, 0) is 43.0 Å². The second kappa shape index (κ2) is 7.37. The molecular formula is C19H22N2O4. The maximum Gasteiger partial charge on any atom is 0.289 e. The fraction of sp³-hybridized carbons (Fsp3) is 0.474. The first-order chi connectivity index (χ1) is 12.3. The number of pyridine rings is 1. The molecule has 2 aromatic heterocycles. The molecule has 2 aromatic rings. The standard InChI is InChI=1S/C19H22N2O4/c22-19(18-4-2-10-24-18)21-9-7-17-16(21)6-5-15(25-17)13-23-12-14-3-1-8-20-11-14/h1-4,8,10-11,15-17H,5-7,9,12-13H2/t15-,16-,17-/m0/s1. The fourth-order valence-corrected chi connectivity index (χ4v) is 3.71. The molecule has 2 aliphatic heterocycles. The molecule has 0 radical (unpaired) electrons. The van der Waals surface area contributed by atoms with Crippen LogP contribution in [0.3, 0.4) is 0 Å². The minimum absolute atomic E-state index is 0.0348. The Kier molecular flexibility index (Phi) is 4.81. The van der Waals surface area contributed by atoms with Gasteiger partial charge in [-0.2, -0.15) is 0 Å². The molecule has 4 rings (SSSR count). The normalized spacial score (nSPS) is 25.8. The van der Waals surface area contributed by atoms with Gasteiger partial charge in [0.15, 0.2) is 5.76 Å². The maximum atomic E-state index is 12.5. The minimum atomic E-state index is -0.0348. The highest BCUT2D eigenvalue weighted by atomic mass is 16.5. The molecule has 2 aliphatic rings. The summed E-state index contributed by atoms with van der Waals surface area (Å²) in [6.07, 6.45) is 8.01.